The van der Waals surface area contributed by atoms with E-state index in [0.29, 0.717) is 5.92 Å². The zero-order valence-corrected chi connectivity index (χ0v) is 14.3. The number of amides is 1. The number of carbonyl (C=O) groups excluding carboxylic acids is 1. The van der Waals surface area contributed by atoms with Gasteiger partial charge < -0.3 is 9.64 Å². The van der Waals surface area contributed by atoms with Crippen molar-refractivity contribution in [3.05, 3.63) is 29.6 Å². The molecule has 0 N–H and O–H groups in total. The predicted octanol–water partition coefficient (Wildman–Crippen LogP) is 3.83. The molecular weight excluding hydrogens is 276 g/mol. The van der Waals surface area contributed by atoms with Gasteiger partial charge in [0.2, 0.25) is 0 Å². The first kappa shape index (κ1) is 16.8. The maximum Gasteiger partial charge on any atom is 0.410 e. The average Bonchev–Trinajstić information content (AvgIpc) is 2.47. The highest BCUT2D eigenvalue weighted by atomic mass is 16.6. The molecule has 0 spiro atoms. The molecule has 0 bridgehead atoms. The van der Waals surface area contributed by atoms with Crippen molar-refractivity contribution in [2.24, 2.45) is 5.92 Å². The molecule has 4 nitrogen and oxygen atoms in total. The number of aryl methyl sites for hydroxylation is 1. The van der Waals surface area contributed by atoms with Crippen LogP contribution in [0.5, 0.6) is 0 Å². The van der Waals surface area contributed by atoms with Gasteiger partial charge in [-0.05, 0) is 64.0 Å². The molecular formula is C18H28N2O2. The van der Waals surface area contributed by atoms with Crippen molar-refractivity contribution < 1.29 is 9.53 Å². The molecule has 0 aromatic carbocycles. The smallest absolute Gasteiger partial charge is 0.410 e. The van der Waals surface area contributed by atoms with Crippen molar-refractivity contribution in [2.45, 2.75) is 59.0 Å². The van der Waals surface area contributed by atoms with Gasteiger partial charge in [-0.2, -0.15) is 0 Å². The topological polar surface area (TPSA) is 42.4 Å². The molecule has 0 unspecified atom stereocenters. The number of ether oxygens (including phenoxy) is 1. The Labute approximate surface area is 133 Å². The van der Waals surface area contributed by atoms with Crippen LogP contribution in [-0.2, 0) is 17.6 Å². The Bertz CT molecular complexity index is 500. The number of rotatable bonds is 3. The molecule has 1 saturated heterocycles. The van der Waals surface area contributed by atoms with Crippen molar-refractivity contribution in [2.75, 3.05) is 13.1 Å². The number of hydrogen-bond donors (Lipinski definition) is 0. The number of pyridine rings is 1. The first-order valence-electron chi connectivity index (χ1n) is 8.29. The number of aromatic nitrogens is 1. The Morgan fingerprint density at radius 2 is 2.05 bits per heavy atom. The van der Waals surface area contributed by atoms with Gasteiger partial charge in [-0.25, -0.2) is 4.79 Å². The molecule has 0 atom stereocenters. The van der Waals surface area contributed by atoms with Crippen LogP contribution in [0.4, 0.5) is 4.79 Å². The van der Waals surface area contributed by atoms with Crippen LogP contribution in [0.1, 0.15) is 51.8 Å². The Balaban J connectivity index is 1.86. The van der Waals surface area contributed by atoms with E-state index in [9.17, 15) is 4.79 Å². The van der Waals surface area contributed by atoms with Crippen LogP contribution in [0.3, 0.4) is 0 Å². The fourth-order valence-corrected chi connectivity index (χ4v) is 2.93. The standard InChI is InChI=1S/C18H28N2O2/c1-5-16-15(7-6-10-19-16)13-14-8-11-20(12-9-14)17(21)22-18(2,3)4/h6-7,10,14H,5,8-9,11-13H2,1-4H3. The van der Waals surface area contributed by atoms with E-state index in [4.69, 9.17) is 4.74 Å². The minimum Gasteiger partial charge on any atom is -0.444 e. The van der Waals surface area contributed by atoms with Crippen LogP contribution in [0.25, 0.3) is 0 Å². The first-order chi connectivity index (χ1) is 10.4. The van der Waals surface area contributed by atoms with Gasteiger partial charge in [0, 0.05) is 25.0 Å². The zero-order chi connectivity index (χ0) is 16.2. The van der Waals surface area contributed by atoms with Gasteiger partial charge in [-0.15, -0.1) is 0 Å². The number of hydrogen-bond acceptors (Lipinski definition) is 3. The molecule has 1 aromatic heterocycles. The second kappa shape index (κ2) is 7.12. The Morgan fingerprint density at radius 3 is 2.64 bits per heavy atom. The van der Waals surface area contributed by atoms with Crippen molar-refractivity contribution in [1.82, 2.24) is 9.88 Å². The van der Waals surface area contributed by atoms with Crippen LogP contribution >= 0.6 is 0 Å². The first-order valence-corrected chi connectivity index (χ1v) is 8.29. The molecule has 1 aromatic rings. The highest BCUT2D eigenvalue weighted by molar-refractivity contribution is 5.68. The summed E-state index contributed by atoms with van der Waals surface area (Å²) in [6.45, 7) is 9.46. The average molecular weight is 304 g/mol. The van der Waals surface area contributed by atoms with Crippen LogP contribution in [0, 0.1) is 5.92 Å². The minimum absolute atomic E-state index is 0.179. The van der Waals surface area contributed by atoms with E-state index in [1.54, 1.807) is 0 Å². The molecule has 0 radical (unpaired) electrons. The van der Waals surface area contributed by atoms with Crippen molar-refractivity contribution in [3.8, 4) is 0 Å². The fourth-order valence-electron chi connectivity index (χ4n) is 2.93. The van der Waals surface area contributed by atoms with Gasteiger partial charge in [0.1, 0.15) is 5.60 Å². The number of carbonyl (C=O) groups is 1. The molecule has 0 saturated carbocycles. The second-order valence-electron chi connectivity index (χ2n) is 7.08. The number of nitrogens with zero attached hydrogens (tertiary/aromatic N) is 2. The highest BCUT2D eigenvalue weighted by Crippen LogP contribution is 2.24. The Morgan fingerprint density at radius 1 is 1.36 bits per heavy atom. The van der Waals surface area contributed by atoms with Gasteiger partial charge in [-0.3, -0.25) is 4.98 Å². The SMILES string of the molecule is CCc1ncccc1CC1CCN(C(=O)OC(C)(C)C)CC1. The van der Waals surface area contributed by atoms with Gasteiger partial charge in [-0.1, -0.05) is 13.0 Å². The quantitative estimate of drug-likeness (QED) is 0.852. The van der Waals surface area contributed by atoms with Gasteiger partial charge in [0.15, 0.2) is 0 Å². The maximum absolute atomic E-state index is 12.1. The summed E-state index contributed by atoms with van der Waals surface area (Å²) < 4.78 is 5.44. The lowest BCUT2D eigenvalue weighted by molar-refractivity contribution is 0.0184. The van der Waals surface area contributed by atoms with E-state index in [1.165, 1.54) is 11.3 Å². The van der Waals surface area contributed by atoms with Crippen LogP contribution < -0.4 is 0 Å². The largest absolute Gasteiger partial charge is 0.444 e. The van der Waals surface area contributed by atoms with Crippen LogP contribution in [0.15, 0.2) is 18.3 Å². The summed E-state index contributed by atoms with van der Waals surface area (Å²) in [7, 11) is 0. The van der Waals surface area contributed by atoms with Crippen LogP contribution in [0.2, 0.25) is 0 Å². The normalized spacial score (nSPS) is 16.6. The molecule has 2 rings (SSSR count). The molecule has 4 heteroatoms. The highest BCUT2D eigenvalue weighted by Gasteiger charge is 2.27. The molecule has 22 heavy (non-hydrogen) atoms. The van der Waals surface area contributed by atoms with E-state index in [2.05, 4.69) is 18.0 Å². The summed E-state index contributed by atoms with van der Waals surface area (Å²) in [5.41, 5.74) is 2.15. The lowest BCUT2D eigenvalue weighted by atomic mass is 9.89. The lowest BCUT2D eigenvalue weighted by Crippen LogP contribution is -2.42. The zero-order valence-electron chi connectivity index (χ0n) is 14.3. The molecule has 2 heterocycles. The van der Waals surface area contributed by atoms with E-state index >= 15 is 0 Å². The summed E-state index contributed by atoms with van der Waals surface area (Å²) in [5, 5.41) is 0. The van der Waals surface area contributed by atoms with E-state index < -0.39 is 5.60 Å². The maximum atomic E-state index is 12.1. The van der Waals surface area contributed by atoms with Crippen LogP contribution in [-0.4, -0.2) is 34.7 Å². The molecule has 122 valence electrons. The molecule has 1 amide bonds. The molecule has 1 fully saturated rings. The summed E-state index contributed by atoms with van der Waals surface area (Å²) in [4.78, 5) is 18.4. The van der Waals surface area contributed by atoms with E-state index in [-0.39, 0.29) is 6.09 Å². The second-order valence-corrected chi connectivity index (χ2v) is 7.08. The third-order valence-electron chi connectivity index (χ3n) is 4.09. The van der Waals surface area contributed by atoms with Crippen molar-refractivity contribution in [1.29, 1.82) is 0 Å². The third-order valence-corrected chi connectivity index (χ3v) is 4.09. The monoisotopic (exact) mass is 304 g/mol. The van der Waals surface area contributed by atoms with Crippen molar-refractivity contribution in [3.63, 3.8) is 0 Å². The molecule has 1 aliphatic heterocycles. The fraction of sp³-hybridized carbons (Fsp3) is 0.667. The summed E-state index contributed by atoms with van der Waals surface area (Å²) >= 11 is 0. The Kier molecular flexibility index (Phi) is 5.43. The van der Waals surface area contributed by atoms with E-state index in [0.717, 1.165) is 38.8 Å². The number of piperidine rings is 1. The van der Waals surface area contributed by atoms with Gasteiger partial charge in [0.25, 0.3) is 0 Å². The summed E-state index contributed by atoms with van der Waals surface area (Å²) in [5.74, 6) is 0.633. The Hall–Kier alpha value is -1.58. The van der Waals surface area contributed by atoms with Crippen molar-refractivity contribution >= 4 is 6.09 Å². The van der Waals surface area contributed by atoms with Gasteiger partial charge in [0.05, 0.1) is 0 Å². The summed E-state index contributed by atoms with van der Waals surface area (Å²) in [6.07, 6.45) is 5.82. The van der Waals surface area contributed by atoms with Gasteiger partial charge >= 0.3 is 6.09 Å². The van der Waals surface area contributed by atoms with E-state index in [1.807, 2.05) is 37.9 Å². The third kappa shape index (κ3) is 4.72. The summed E-state index contributed by atoms with van der Waals surface area (Å²) in [6, 6.07) is 4.20. The molecule has 0 aliphatic carbocycles. The number of likely N-dealkylation sites (tertiary alicyclic amines) is 1. The molecule has 1 aliphatic rings. The minimum atomic E-state index is -0.417. The predicted molar refractivity (Wildman–Crippen MR) is 87.9 cm³/mol. The lowest BCUT2D eigenvalue weighted by Gasteiger charge is -2.33.